The third kappa shape index (κ3) is 6.14. The third-order valence-corrected chi connectivity index (χ3v) is 6.43. The number of carbonyl (C=O) groups excluding carboxylic acids is 2. The Hall–Kier alpha value is -3.60. The number of nitrogens with zero attached hydrogens (tertiary/aromatic N) is 3. The molecule has 0 radical (unpaired) electrons. The molecule has 1 aromatic carbocycles. The number of aryl methyl sites for hydroxylation is 1. The Bertz CT molecular complexity index is 1240. The van der Waals surface area contributed by atoms with E-state index in [1.807, 2.05) is 0 Å². The van der Waals surface area contributed by atoms with Crippen molar-refractivity contribution in [1.29, 1.82) is 0 Å². The molecule has 1 fully saturated rings. The van der Waals surface area contributed by atoms with Gasteiger partial charge in [0.2, 0.25) is 11.8 Å². The molecular formula is C25H29FN6O3S. The Morgan fingerprint density at radius 3 is 2.67 bits per heavy atom. The van der Waals surface area contributed by atoms with Gasteiger partial charge in [0.15, 0.2) is 0 Å². The van der Waals surface area contributed by atoms with Crippen LogP contribution in [0.4, 0.5) is 4.39 Å². The molecule has 0 bridgehead atoms. The highest BCUT2D eigenvalue weighted by Gasteiger charge is 2.28. The lowest BCUT2D eigenvalue weighted by molar-refractivity contribution is -0.135. The van der Waals surface area contributed by atoms with Crippen LogP contribution < -0.4 is 10.6 Å². The number of carbonyl (C=O) groups is 2. The summed E-state index contributed by atoms with van der Waals surface area (Å²) in [5, 5.41) is 9.76. The molecule has 1 saturated heterocycles. The summed E-state index contributed by atoms with van der Waals surface area (Å²) < 4.78 is 19.2. The zero-order chi connectivity index (χ0) is 25.7. The molecule has 1 aliphatic heterocycles. The van der Waals surface area contributed by atoms with Gasteiger partial charge in [0, 0.05) is 24.7 Å². The van der Waals surface area contributed by atoms with Crippen molar-refractivity contribution in [2.45, 2.75) is 51.6 Å². The fourth-order valence-electron chi connectivity index (χ4n) is 4.12. The van der Waals surface area contributed by atoms with E-state index in [1.54, 1.807) is 43.0 Å². The first-order valence-electron chi connectivity index (χ1n) is 11.9. The zero-order valence-corrected chi connectivity index (χ0v) is 21.0. The van der Waals surface area contributed by atoms with Crippen molar-refractivity contribution in [3.63, 3.8) is 0 Å². The molecule has 1 aliphatic rings. The maximum absolute atomic E-state index is 14.2. The van der Waals surface area contributed by atoms with E-state index in [1.165, 1.54) is 12.3 Å². The second-order valence-electron chi connectivity index (χ2n) is 8.89. The Morgan fingerprint density at radius 2 is 1.97 bits per heavy atom. The summed E-state index contributed by atoms with van der Waals surface area (Å²) in [6.45, 7) is 4.86. The molecule has 2 atom stereocenters. The number of H-pyrrole nitrogens is 1. The molecule has 3 heterocycles. The van der Waals surface area contributed by atoms with E-state index in [-0.39, 0.29) is 23.1 Å². The number of amides is 2. The van der Waals surface area contributed by atoms with Crippen LogP contribution >= 0.6 is 12.2 Å². The maximum Gasteiger partial charge on any atom is 0.243 e. The van der Waals surface area contributed by atoms with Crippen LogP contribution in [0, 0.1) is 12.7 Å². The fraction of sp³-hybridized carbons (Fsp3) is 0.400. The van der Waals surface area contributed by atoms with Gasteiger partial charge in [-0.3, -0.25) is 9.59 Å². The van der Waals surface area contributed by atoms with Gasteiger partial charge < -0.3 is 25.0 Å². The van der Waals surface area contributed by atoms with Gasteiger partial charge in [-0.05, 0) is 45.2 Å². The van der Waals surface area contributed by atoms with Crippen LogP contribution in [-0.4, -0.2) is 56.0 Å². The van der Waals surface area contributed by atoms with Crippen LogP contribution in [0.2, 0.25) is 0 Å². The van der Waals surface area contributed by atoms with E-state index >= 15 is 0 Å². The van der Waals surface area contributed by atoms with E-state index in [9.17, 15) is 14.0 Å². The summed E-state index contributed by atoms with van der Waals surface area (Å²) in [6.07, 6.45) is 4.46. The summed E-state index contributed by atoms with van der Waals surface area (Å²) in [6, 6.07) is 6.57. The number of aromatic nitrogens is 3. The monoisotopic (exact) mass is 512 g/mol. The predicted octanol–water partition coefficient (Wildman–Crippen LogP) is 3.43. The molecule has 2 aromatic heterocycles. The van der Waals surface area contributed by atoms with Crippen molar-refractivity contribution >= 4 is 29.0 Å². The van der Waals surface area contributed by atoms with Crippen molar-refractivity contribution in [3.05, 3.63) is 59.6 Å². The smallest absolute Gasteiger partial charge is 0.243 e. The van der Waals surface area contributed by atoms with Crippen molar-refractivity contribution in [2.75, 3.05) is 13.1 Å². The first-order chi connectivity index (χ1) is 17.3. The molecule has 2 unspecified atom stereocenters. The molecule has 2 amide bonds. The molecule has 11 heteroatoms. The van der Waals surface area contributed by atoms with Crippen LogP contribution in [-0.2, 0) is 9.59 Å². The van der Waals surface area contributed by atoms with Crippen LogP contribution in [0.5, 0.6) is 0 Å². The van der Waals surface area contributed by atoms with Gasteiger partial charge in [0.05, 0.1) is 24.4 Å². The highest BCUT2D eigenvalue weighted by Crippen LogP contribution is 2.22. The summed E-state index contributed by atoms with van der Waals surface area (Å²) in [5.41, 5.74) is 1.27. The van der Waals surface area contributed by atoms with E-state index in [2.05, 4.69) is 25.8 Å². The molecule has 3 N–H and O–H groups in total. The maximum atomic E-state index is 14.2. The zero-order valence-electron chi connectivity index (χ0n) is 20.2. The highest BCUT2D eigenvalue weighted by atomic mass is 32.1. The summed E-state index contributed by atoms with van der Waals surface area (Å²) in [4.78, 5) is 35.6. The minimum atomic E-state index is -0.924. The van der Waals surface area contributed by atoms with E-state index in [0.29, 0.717) is 41.6 Å². The fourth-order valence-corrected chi connectivity index (χ4v) is 4.36. The second-order valence-corrected chi connectivity index (χ2v) is 9.29. The lowest BCUT2D eigenvalue weighted by atomic mass is 10.1. The molecule has 0 saturated carbocycles. The number of hydrogen-bond donors (Lipinski definition) is 3. The second kappa shape index (κ2) is 11.4. The normalized spacial score (nSPS) is 15.2. The highest BCUT2D eigenvalue weighted by molar-refractivity contribution is 7.80. The number of halogens is 1. The van der Waals surface area contributed by atoms with E-state index in [4.69, 9.17) is 16.7 Å². The first kappa shape index (κ1) is 25.5. The van der Waals surface area contributed by atoms with E-state index < -0.39 is 18.0 Å². The number of rotatable bonds is 8. The van der Waals surface area contributed by atoms with Crippen LogP contribution in [0.1, 0.15) is 55.9 Å². The molecular weight excluding hydrogens is 483 g/mol. The van der Waals surface area contributed by atoms with Gasteiger partial charge in [-0.15, -0.1) is 0 Å². The molecule has 36 heavy (non-hydrogen) atoms. The molecule has 3 aromatic rings. The standard InChI is InChI=1S/C25H29FN6O3S/c1-15-12-20(31-35-15)25(36)30-19(13-22(33)32-10-6-3-7-11-32)24(34)28-16(2)23-27-14-21(29-23)17-8-4-5-9-18(17)26/h4-5,8-9,12,14,16,19H,3,6-7,10-11,13H2,1-2H3,(H,27,29)(H,28,34)(H,30,36). The van der Waals surface area contributed by atoms with Gasteiger partial charge in [-0.2, -0.15) is 0 Å². The Kier molecular flexibility index (Phi) is 8.09. The predicted molar refractivity (Wildman–Crippen MR) is 135 cm³/mol. The lowest BCUT2D eigenvalue weighted by Crippen LogP contribution is -2.50. The molecule has 0 aliphatic carbocycles. The Labute approximate surface area is 213 Å². The lowest BCUT2D eigenvalue weighted by Gasteiger charge is -2.29. The molecule has 0 spiro atoms. The largest absolute Gasteiger partial charge is 0.362 e. The van der Waals surface area contributed by atoms with Crippen molar-refractivity contribution in [1.82, 2.24) is 30.7 Å². The summed E-state index contributed by atoms with van der Waals surface area (Å²) >= 11 is 5.42. The Balaban J connectivity index is 1.47. The van der Waals surface area contributed by atoms with Crippen LogP contribution in [0.25, 0.3) is 11.3 Å². The molecule has 190 valence electrons. The van der Waals surface area contributed by atoms with Gasteiger partial charge in [0.25, 0.3) is 0 Å². The van der Waals surface area contributed by atoms with Crippen molar-refractivity contribution in [2.24, 2.45) is 0 Å². The van der Waals surface area contributed by atoms with Gasteiger partial charge >= 0.3 is 0 Å². The van der Waals surface area contributed by atoms with E-state index in [0.717, 1.165) is 19.3 Å². The first-order valence-corrected chi connectivity index (χ1v) is 12.3. The third-order valence-electron chi connectivity index (χ3n) is 6.10. The van der Waals surface area contributed by atoms with Gasteiger partial charge in [0.1, 0.15) is 34.1 Å². The van der Waals surface area contributed by atoms with Gasteiger partial charge in [-0.1, -0.05) is 29.5 Å². The number of hydrogen-bond acceptors (Lipinski definition) is 6. The Morgan fingerprint density at radius 1 is 1.22 bits per heavy atom. The van der Waals surface area contributed by atoms with Gasteiger partial charge in [-0.25, -0.2) is 9.37 Å². The quantitative estimate of drug-likeness (QED) is 0.396. The molecule has 9 nitrogen and oxygen atoms in total. The van der Waals surface area contributed by atoms with Crippen molar-refractivity contribution in [3.8, 4) is 11.3 Å². The summed E-state index contributed by atoms with van der Waals surface area (Å²) in [7, 11) is 0. The number of imidazole rings is 1. The number of piperidine rings is 1. The average molecular weight is 513 g/mol. The number of benzene rings is 1. The number of aromatic amines is 1. The minimum absolute atomic E-state index is 0.0614. The van der Waals surface area contributed by atoms with Crippen LogP contribution in [0.15, 0.2) is 41.1 Å². The van der Waals surface area contributed by atoms with Crippen molar-refractivity contribution < 1.29 is 18.5 Å². The average Bonchev–Trinajstić information content (AvgIpc) is 3.54. The van der Waals surface area contributed by atoms with Crippen LogP contribution in [0.3, 0.4) is 0 Å². The topological polar surface area (TPSA) is 116 Å². The SMILES string of the molecule is Cc1cc(C(=S)NC(CC(=O)N2CCCCC2)C(=O)NC(C)c2ncc(-c3ccccc3F)[nH]2)no1. The number of nitrogens with one attached hydrogen (secondary N) is 3. The number of thiocarbonyl (C=S) groups is 1. The minimum Gasteiger partial charge on any atom is -0.362 e. The number of likely N-dealkylation sites (tertiary alicyclic amines) is 1. The summed E-state index contributed by atoms with van der Waals surface area (Å²) in [5.74, 6) is 0.129. The molecule has 4 rings (SSSR count).